The highest BCUT2D eigenvalue weighted by Crippen LogP contribution is 2.23. The van der Waals surface area contributed by atoms with Gasteiger partial charge in [-0.2, -0.15) is 10.1 Å². The number of carbonyl (C=O) groups is 1. The van der Waals surface area contributed by atoms with Gasteiger partial charge in [0.15, 0.2) is 0 Å². The number of carbonyl (C=O) groups excluding carboxylic acids is 1. The monoisotopic (exact) mass is 428 g/mol. The molecule has 2 heterocycles. The molecule has 0 aliphatic rings. The third-order valence-corrected chi connectivity index (χ3v) is 4.45. The molecule has 1 aromatic carbocycles. The van der Waals surface area contributed by atoms with Crippen LogP contribution in [0.4, 0.5) is 21.8 Å². The van der Waals surface area contributed by atoms with Crippen LogP contribution in [0.5, 0.6) is 5.75 Å². The number of halogens is 1. The van der Waals surface area contributed by atoms with E-state index in [1.165, 1.54) is 19.4 Å². The molecular weight excluding hydrogens is 403 g/mol. The summed E-state index contributed by atoms with van der Waals surface area (Å²) in [7, 11) is 5.43. The Morgan fingerprint density at radius 3 is 2.84 bits per heavy atom. The van der Waals surface area contributed by atoms with Crippen LogP contribution in [-0.2, 0) is 13.1 Å². The van der Waals surface area contributed by atoms with Gasteiger partial charge in [-0.05, 0) is 26.2 Å². The highest BCUT2D eigenvalue weighted by Gasteiger charge is 2.15. The molecule has 0 saturated carbocycles. The van der Waals surface area contributed by atoms with Crippen molar-refractivity contribution in [3.05, 3.63) is 53.7 Å². The first-order chi connectivity index (χ1) is 14.9. The third kappa shape index (κ3) is 5.66. The summed E-state index contributed by atoms with van der Waals surface area (Å²) in [5.41, 5.74) is 6.51. The minimum Gasteiger partial charge on any atom is -0.496 e. The lowest BCUT2D eigenvalue weighted by Gasteiger charge is -2.13. The molecule has 0 aliphatic heterocycles. The molecule has 2 aromatic heterocycles. The van der Waals surface area contributed by atoms with Crippen LogP contribution < -0.4 is 21.1 Å². The summed E-state index contributed by atoms with van der Waals surface area (Å²) in [6, 6.07) is 4.53. The lowest BCUT2D eigenvalue weighted by Crippen LogP contribution is -2.18. The van der Waals surface area contributed by atoms with E-state index in [1.54, 1.807) is 23.0 Å². The molecule has 31 heavy (non-hydrogen) atoms. The molecule has 3 rings (SSSR count). The average molecular weight is 428 g/mol. The maximum absolute atomic E-state index is 14.2. The molecule has 0 atom stereocenters. The van der Waals surface area contributed by atoms with E-state index in [0.29, 0.717) is 17.0 Å². The first-order valence-electron chi connectivity index (χ1n) is 9.53. The number of methoxy groups -OCH3 is 1. The van der Waals surface area contributed by atoms with E-state index >= 15 is 0 Å². The Balaban J connectivity index is 1.78. The number of benzene rings is 1. The molecule has 0 fully saturated rings. The van der Waals surface area contributed by atoms with Gasteiger partial charge < -0.3 is 26.0 Å². The fourth-order valence-corrected chi connectivity index (χ4v) is 2.81. The van der Waals surface area contributed by atoms with Crippen molar-refractivity contribution in [3.63, 3.8) is 0 Å². The first-order valence-corrected chi connectivity index (χ1v) is 9.53. The van der Waals surface area contributed by atoms with Gasteiger partial charge in [0.2, 0.25) is 5.95 Å². The second-order valence-corrected chi connectivity index (χ2v) is 7.01. The Labute approximate surface area is 179 Å². The van der Waals surface area contributed by atoms with Crippen LogP contribution in [0.2, 0.25) is 0 Å². The largest absolute Gasteiger partial charge is 0.496 e. The predicted molar refractivity (Wildman–Crippen MR) is 115 cm³/mol. The summed E-state index contributed by atoms with van der Waals surface area (Å²) in [6.07, 6.45) is 4.79. The summed E-state index contributed by atoms with van der Waals surface area (Å²) in [4.78, 5) is 22.3. The fraction of sp³-hybridized carbons (Fsp3) is 0.300. The Kier molecular flexibility index (Phi) is 6.98. The molecule has 3 aromatic rings. The standard InChI is InChI=1S/C20H25FN8O2/c1-28(2)7-8-29-12-13(9-25-29)26-20-24-11-15(18(22)30)19(27-20)23-10-14-16(21)5-4-6-17(14)31-3/h4-6,9,11-12H,7-8,10H2,1-3H3,(H2,22,30)(H2,23,24,26,27). The Hall–Kier alpha value is -3.73. The molecule has 0 bridgehead atoms. The van der Waals surface area contributed by atoms with Crippen LogP contribution in [0.3, 0.4) is 0 Å². The van der Waals surface area contributed by atoms with Crippen LogP contribution in [0.1, 0.15) is 15.9 Å². The van der Waals surface area contributed by atoms with Crippen molar-refractivity contribution >= 4 is 23.4 Å². The van der Waals surface area contributed by atoms with E-state index in [-0.39, 0.29) is 23.9 Å². The number of amides is 1. The number of nitrogens with zero attached hydrogens (tertiary/aromatic N) is 5. The zero-order valence-electron chi connectivity index (χ0n) is 17.6. The SMILES string of the molecule is COc1cccc(F)c1CNc1nc(Nc2cnn(CCN(C)C)c2)ncc1C(N)=O. The summed E-state index contributed by atoms with van der Waals surface area (Å²) in [5.74, 6) is -0.350. The minimum atomic E-state index is -0.703. The van der Waals surface area contributed by atoms with Gasteiger partial charge in [0.1, 0.15) is 17.4 Å². The van der Waals surface area contributed by atoms with Crippen LogP contribution in [0.15, 0.2) is 36.8 Å². The van der Waals surface area contributed by atoms with Crippen LogP contribution in [0, 0.1) is 5.82 Å². The van der Waals surface area contributed by atoms with E-state index in [2.05, 4.69) is 30.6 Å². The van der Waals surface area contributed by atoms with Crippen molar-refractivity contribution in [2.75, 3.05) is 38.4 Å². The van der Waals surface area contributed by atoms with Crippen LogP contribution >= 0.6 is 0 Å². The Morgan fingerprint density at radius 2 is 2.13 bits per heavy atom. The Bertz CT molecular complexity index is 1050. The molecule has 1 amide bonds. The molecule has 0 aliphatic carbocycles. The van der Waals surface area contributed by atoms with Crippen molar-refractivity contribution < 1.29 is 13.9 Å². The number of nitrogens with one attached hydrogen (secondary N) is 2. The third-order valence-electron chi connectivity index (χ3n) is 4.45. The zero-order valence-corrected chi connectivity index (χ0v) is 17.6. The lowest BCUT2D eigenvalue weighted by molar-refractivity contribution is 0.100. The highest BCUT2D eigenvalue weighted by atomic mass is 19.1. The van der Waals surface area contributed by atoms with Crippen LogP contribution in [-0.4, -0.2) is 58.3 Å². The quantitative estimate of drug-likeness (QED) is 0.447. The summed E-state index contributed by atoms with van der Waals surface area (Å²) < 4.78 is 21.2. The van der Waals surface area contributed by atoms with Gasteiger partial charge in [-0.15, -0.1) is 0 Å². The van der Waals surface area contributed by atoms with Crippen molar-refractivity contribution in [3.8, 4) is 5.75 Å². The summed E-state index contributed by atoms with van der Waals surface area (Å²) in [5, 5.41) is 10.3. The number of aromatic nitrogens is 4. The molecule has 10 nitrogen and oxygen atoms in total. The van der Waals surface area contributed by atoms with E-state index in [4.69, 9.17) is 10.5 Å². The highest BCUT2D eigenvalue weighted by molar-refractivity contribution is 5.97. The number of anilines is 3. The van der Waals surface area contributed by atoms with Gasteiger partial charge in [-0.1, -0.05) is 6.07 Å². The van der Waals surface area contributed by atoms with Gasteiger partial charge in [0.25, 0.3) is 5.91 Å². The maximum atomic E-state index is 14.2. The molecule has 0 radical (unpaired) electrons. The molecular formula is C20H25FN8O2. The smallest absolute Gasteiger partial charge is 0.254 e. The number of likely N-dealkylation sites (N-methyl/N-ethyl adjacent to an activating group) is 1. The van der Waals surface area contributed by atoms with Crippen molar-refractivity contribution in [1.29, 1.82) is 0 Å². The molecule has 4 N–H and O–H groups in total. The average Bonchev–Trinajstić information content (AvgIpc) is 3.18. The summed E-state index contributed by atoms with van der Waals surface area (Å²) >= 11 is 0. The number of primary amides is 1. The van der Waals surface area contributed by atoms with Crippen molar-refractivity contribution in [2.45, 2.75) is 13.1 Å². The fourth-order valence-electron chi connectivity index (χ4n) is 2.81. The van der Waals surface area contributed by atoms with E-state index in [1.807, 2.05) is 20.3 Å². The van der Waals surface area contributed by atoms with E-state index < -0.39 is 11.7 Å². The van der Waals surface area contributed by atoms with Gasteiger partial charge in [0.05, 0.1) is 31.1 Å². The summed E-state index contributed by atoms with van der Waals surface area (Å²) in [6.45, 7) is 1.61. The van der Waals surface area contributed by atoms with Gasteiger partial charge >= 0.3 is 0 Å². The molecule has 0 unspecified atom stereocenters. The lowest BCUT2D eigenvalue weighted by atomic mass is 10.2. The molecule has 164 valence electrons. The Morgan fingerprint density at radius 1 is 1.32 bits per heavy atom. The topological polar surface area (TPSA) is 123 Å². The first kappa shape index (κ1) is 22.0. The molecule has 0 saturated heterocycles. The van der Waals surface area contributed by atoms with Crippen LogP contribution in [0.25, 0.3) is 0 Å². The van der Waals surface area contributed by atoms with Gasteiger partial charge in [-0.25, -0.2) is 9.37 Å². The number of nitrogens with two attached hydrogens (primary N) is 1. The van der Waals surface area contributed by atoms with Gasteiger partial charge in [0, 0.05) is 31.0 Å². The number of rotatable bonds is 10. The second kappa shape index (κ2) is 9.85. The zero-order chi connectivity index (χ0) is 22.4. The number of ether oxygens (including phenoxy) is 1. The predicted octanol–water partition coefficient (Wildman–Crippen LogP) is 1.84. The minimum absolute atomic E-state index is 0.0368. The van der Waals surface area contributed by atoms with E-state index in [9.17, 15) is 9.18 Å². The van der Waals surface area contributed by atoms with Crippen molar-refractivity contribution in [1.82, 2.24) is 24.6 Å². The maximum Gasteiger partial charge on any atom is 0.254 e. The van der Waals surface area contributed by atoms with E-state index in [0.717, 1.165) is 13.1 Å². The number of hydrogen-bond acceptors (Lipinski definition) is 8. The second-order valence-electron chi connectivity index (χ2n) is 7.01. The van der Waals surface area contributed by atoms with Crippen molar-refractivity contribution in [2.24, 2.45) is 5.73 Å². The van der Waals surface area contributed by atoms with Gasteiger partial charge in [-0.3, -0.25) is 9.48 Å². The normalized spacial score (nSPS) is 10.9. The molecule has 0 spiro atoms. The molecule has 11 heteroatoms. The number of hydrogen-bond donors (Lipinski definition) is 3.